The number of aryl methyl sites for hydroxylation is 2. The number of nitrogens with one attached hydrogen (secondary N) is 1. The molecule has 2 rings (SSSR count). The van der Waals surface area contributed by atoms with E-state index in [-0.39, 0.29) is 0 Å². The van der Waals surface area contributed by atoms with Crippen LogP contribution in [0.5, 0.6) is 0 Å². The minimum atomic E-state index is 0.643. The number of anilines is 1. The van der Waals surface area contributed by atoms with E-state index in [4.69, 9.17) is 0 Å². The van der Waals surface area contributed by atoms with Gasteiger partial charge in [0.1, 0.15) is 0 Å². The van der Waals surface area contributed by atoms with E-state index < -0.39 is 0 Å². The molecule has 0 bridgehead atoms. The van der Waals surface area contributed by atoms with E-state index in [1.54, 1.807) is 5.57 Å². The van der Waals surface area contributed by atoms with Crippen molar-refractivity contribution in [3.63, 3.8) is 0 Å². The lowest BCUT2D eigenvalue weighted by Crippen LogP contribution is -2.09. The number of hydrogen-bond donors (Lipinski definition) is 1. The van der Waals surface area contributed by atoms with E-state index in [9.17, 15) is 0 Å². The van der Waals surface area contributed by atoms with Crippen LogP contribution in [-0.2, 0) is 0 Å². The summed E-state index contributed by atoms with van der Waals surface area (Å²) in [6, 6.07) is 0. The molecule has 0 amide bonds. The Morgan fingerprint density at radius 3 is 2.76 bits per heavy atom. The number of hydrogen-bond acceptors (Lipinski definition) is 4. The minimum Gasteiger partial charge on any atom is -0.353 e. The fraction of sp³-hybridized carbons (Fsp3) is 0.615. The van der Waals surface area contributed by atoms with Gasteiger partial charge in [-0.25, -0.2) is 4.98 Å². The predicted octanol–water partition coefficient (Wildman–Crippen LogP) is 2.79. The van der Waals surface area contributed by atoms with Gasteiger partial charge in [-0.1, -0.05) is 11.6 Å². The molecule has 0 aliphatic heterocycles. The quantitative estimate of drug-likeness (QED) is 0.811. The first-order chi connectivity index (χ1) is 8.25. The van der Waals surface area contributed by atoms with Gasteiger partial charge in [-0.15, -0.1) is 5.10 Å². The molecule has 1 aromatic heterocycles. The molecule has 0 aromatic carbocycles. The van der Waals surface area contributed by atoms with Crippen molar-refractivity contribution >= 4 is 5.95 Å². The molecule has 17 heavy (non-hydrogen) atoms. The topological polar surface area (TPSA) is 50.7 Å². The highest BCUT2D eigenvalue weighted by Gasteiger charge is 2.04. The zero-order valence-electron chi connectivity index (χ0n) is 10.7. The maximum atomic E-state index is 4.35. The maximum absolute atomic E-state index is 4.35. The van der Waals surface area contributed by atoms with E-state index in [1.165, 1.54) is 25.7 Å². The second-order valence-electron chi connectivity index (χ2n) is 4.59. The third kappa shape index (κ3) is 3.51. The standard InChI is InChI=1S/C13H20N4/c1-10-11(2)16-17-13(15-10)14-9-8-12-6-4-3-5-7-12/h6H,3-5,7-9H2,1-2H3,(H,14,15,17). The average molecular weight is 232 g/mol. The molecule has 4 heteroatoms. The van der Waals surface area contributed by atoms with Crippen LogP contribution in [0.2, 0.25) is 0 Å². The molecule has 1 aliphatic carbocycles. The number of rotatable bonds is 4. The van der Waals surface area contributed by atoms with E-state index in [0.29, 0.717) is 5.95 Å². The van der Waals surface area contributed by atoms with Crippen molar-refractivity contribution in [1.29, 1.82) is 0 Å². The van der Waals surface area contributed by atoms with E-state index >= 15 is 0 Å². The summed E-state index contributed by atoms with van der Waals surface area (Å²) in [4.78, 5) is 4.35. The van der Waals surface area contributed by atoms with Gasteiger partial charge >= 0.3 is 0 Å². The Hall–Kier alpha value is -1.45. The number of aromatic nitrogens is 3. The van der Waals surface area contributed by atoms with Gasteiger partial charge in [0.25, 0.3) is 0 Å². The smallest absolute Gasteiger partial charge is 0.242 e. The minimum absolute atomic E-state index is 0.643. The summed E-state index contributed by atoms with van der Waals surface area (Å²) in [7, 11) is 0. The molecule has 0 saturated carbocycles. The lowest BCUT2D eigenvalue weighted by Gasteiger charge is -2.12. The molecule has 1 N–H and O–H groups in total. The molecule has 0 saturated heterocycles. The van der Waals surface area contributed by atoms with E-state index in [1.807, 2.05) is 13.8 Å². The van der Waals surface area contributed by atoms with E-state index in [0.717, 1.165) is 24.4 Å². The summed E-state index contributed by atoms with van der Waals surface area (Å²) in [5, 5.41) is 11.3. The van der Waals surface area contributed by atoms with Crippen LogP contribution < -0.4 is 5.32 Å². The monoisotopic (exact) mass is 232 g/mol. The Kier molecular flexibility index (Phi) is 4.07. The van der Waals surface area contributed by atoms with Crippen molar-refractivity contribution in [3.05, 3.63) is 23.0 Å². The molecule has 1 aliphatic rings. The van der Waals surface area contributed by atoms with Gasteiger partial charge in [0.05, 0.1) is 11.4 Å². The van der Waals surface area contributed by atoms with Gasteiger partial charge in [-0.3, -0.25) is 0 Å². The van der Waals surface area contributed by atoms with Crippen LogP contribution >= 0.6 is 0 Å². The van der Waals surface area contributed by atoms with Crippen LogP contribution in [0, 0.1) is 13.8 Å². The number of nitrogens with zero attached hydrogens (tertiary/aromatic N) is 3. The summed E-state index contributed by atoms with van der Waals surface area (Å²) in [6.07, 6.45) is 8.67. The van der Waals surface area contributed by atoms with Gasteiger partial charge in [-0.2, -0.15) is 5.10 Å². The number of allylic oxidation sites excluding steroid dienone is 1. The maximum Gasteiger partial charge on any atom is 0.242 e. The first-order valence-corrected chi connectivity index (χ1v) is 6.35. The Morgan fingerprint density at radius 1 is 1.18 bits per heavy atom. The molecular formula is C13H20N4. The first kappa shape index (κ1) is 12.0. The second-order valence-corrected chi connectivity index (χ2v) is 4.59. The molecule has 0 fully saturated rings. The summed E-state index contributed by atoms with van der Waals surface area (Å²) in [5.41, 5.74) is 3.41. The molecule has 0 radical (unpaired) electrons. The third-order valence-electron chi connectivity index (χ3n) is 3.21. The average Bonchev–Trinajstić information content (AvgIpc) is 2.35. The highest BCUT2D eigenvalue weighted by molar-refractivity contribution is 5.25. The Labute approximate surface area is 103 Å². The van der Waals surface area contributed by atoms with E-state index in [2.05, 4.69) is 26.6 Å². The van der Waals surface area contributed by atoms with Gasteiger partial charge < -0.3 is 5.32 Å². The van der Waals surface area contributed by atoms with Gasteiger partial charge in [0.2, 0.25) is 5.95 Å². The molecule has 0 unspecified atom stereocenters. The molecule has 1 aromatic rings. The molecule has 0 spiro atoms. The summed E-state index contributed by atoms with van der Waals surface area (Å²) in [5.74, 6) is 0.643. The van der Waals surface area contributed by atoms with Crippen molar-refractivity contribution in [2.24, 2.45) is 0 Å². The third-order valence-corrected chi connectivity index (χ3v) is 3.21. The van der Waals surface area contributed by atoms with Gasteiger partial charge in [-0.05, 0) is 46.0 Å². The molecule has 4 nitrogen and oxygen atoms in total. The van der Waals surface area contributed by atoms with Crippen molar-refractivity contribution in [2.75, 3.05) is 11.9 Å². The Balaban J connectivity index is 1.81. The fourth-order valence-corrected chi connectivity index (χ4v) is 2.00. The van der Waals surface area contributed by atoms with Gasteiger partial charge in [0, 0.05) is 6.54 Å². The predicted molar refractivity (Wildman–Crippen MR) is 69.0 cm³/mol. The lowest BCUT2D eigenvalue weighted by atomic mass is 9.97. The second kappa shape index (κ2) is 5.75. The highest BCUT2D eigenvalue weighted by atomic mass is 15.2. The largest absolute Gasteiger partial charge is 0.353 e. The van der Waals surface area contributed by atoms with Crippen molar-refractivity contribution in [1.82, 2.24) is 15.2 Å². The zero-order valence-corrected chi connectivity index (χ0v) is 10.7. The molecule has 0 atom stereocenters. The molecular weight excluding hydrogens is 212 g/mol. The van der Waals surface area contributed by atoms with Crippen LogP contribution in [-0.4, -0.2) is 21.7 Å². The van der Waals surface area contributed by atoms with Crippen molar-refractivity contribution in [2.45, 2.75) is 46.0 Å². The van der Waals surface area contributed by atoms with Crippen LogP contribution in [0.25, 0.3) is 0 Å². The van der Waals surface area contributed by atoms with Crippen LogP contribution in [0.1, 0.15) is 43.5 Å². The Morgan fingerprint density at radius 2 is 2.06 bits per heavy atom. The van der Waals surface area contributed by atoms with Crippen molar-refractivity contribution < 1.29 is 0 Å². The Bertz CT molecular complexity index is 412. The zero-order chi connectivity index (χ0) is 12.1. The SMILES string of the molecule is Cc1nnc(NCCC2=CCCCC2)nc1C. The van der Waals surface area contributed by atoms with Crippen LogP contribution in [0.3, 0.4) is 0 Å². The normalized spacial score (nSPS) is 15.5. The first-order valence-electron chi connectivity index (χ1n) is 6.35. The van der Waals surface area contributed by atoms with Crippen LogP contribution in [0.4, 0.5) is 5.95 Å². The van der Waals surface area contributed by atoms with Gasteiger partial charge in [0.15, 0.2) is 0 Å². The summed E-state index contributed by atoms with van der Waals surface area (Å²) >= 11 is 0. The summed E-state index contributed by atoms with van der Waals surface area (Å²) in [6.45, 7) is 4.78. The molecule has 1 heterocycles. The highest BCUT2D eigenvalue weighted by Crippen LogP contribution is 2.19. The summed E-state index contributed by atoms with van der Waals surface area (Å²) < 4.78 is 0. The van der Waals surface area contributed by atoms with Crippen LogP contribution in [0.15, 0.2) is 11.6 Å². The fourth-order valence-electron chi connectivity index (χ4n) is 2.00. The van der Waals surface area contributed by atoms with Crippen molar-refractivity contribution in [3.8, 4) is 0 Å². The molecule has 92 valence electrons. The lowest BCUT2D eigenvalue weighted by molar-refractivity contribution is 0.678.